The molecule has 0 spiro atoms. The minimum absolute atomic E-state index is 0.223. The van der Waals surface area contributed by atoms with Gasteiger partial charge in [0.1, 0.15) is 17.2 Å². The number of aromatic nitrogens is 2. The van der Waals surface area contributed by atoms with Gasteiger partial charge in [-0.05, 0) is 58.6 Å². The van der Waals surface area contributed by atoms with E-state index in [4.69, 9.17) is 5.26 Å². The second-order valence-corrected chi connectivity index (χ2v) is 11.3. The Hall–Kier alpha value is -2.38. The molecule has 0 unspecified atom stereocenters. The molecule has 6 nitrogen and oxygen atoms in total. The maximum atomic E-state index is 13.6. The molecule has 2 aromatic rings. The number of hydrogen-bond donors (Lipinski definition) is 2. The summed E-state index contributed by atoms with van der Waals surface area (Å²) in [6.45, 7) is 4.85. The average Bonchev–Trinajstić information content (AvgIpc) is 3.13. The van der Waals surface area contributed by atoms with E-state index in [-0.39, 0.29) is 34.6 Å². The Morgan fingerprint density at radius 1 is 1.16 bits per heavy atom. The maximum Gasteiger partial charge on any atom is 0.433 e. The minimum Gasteiger partial charge on any atom is -0.338 e. The Morgan fingerprint density at radius 2 is 1.81 bits per heavy atom. The predicted molar refractivity (Wildman–Crippen MR) is 111 cm³/mol. The number of H-pyrrole nitrogens is 1. The monoisotopic (exact) mass is 454 g/mol. The molecule has 3 rings (SSSR count). The molecule has 1 heterocycles. The van der Waals surface area contributed by atoms with Crippen LogP contribution in [0.25, 0.3) is 11.3 Å². The van der Waals surface area contributed by atoms with E-state index in [0.717, 1.165) is 0 Å². The van der Waals surface area contributed by atoms with Gasteiger partial charge in [0.15, 0.2) is 0 Å². The van der Waals surface area contributed by atoms with E-state index < -0.39 is 26.6 Å². The highest BCUT2D eigenvalue weighted by Crippen LogP contribution is 2.39. The van der Waals surface area contributed by atoms with Gasteiger partial charge in [0.25, 0.3) is 0 Å². The lowest BCUT2D eigenvalue weighted by molar-refractivity contribution is -0.140. The van der Waals surface area contributed by atoms with Gasteiger partial charge in [-0.15, -0.1) is 0 Å². The standard InChI is InChI=1S/C21H25F3N4O2S/c1-20(2,3)31(29,30)28-16-9-7-14(8-10-16)19-26-17(18(27-19)21(22,23)24)15-6-4-5-13(11-15)12-25/h4-6,11,14,16,28H,7-10H2,1-3H3,(H,26,27). The molecule has 0 atom stereocenters. The summed E-state index contributed by atoms with van der Waals surface area (Å²) >= 11 is 0. The van der Waals surface area contributed by atoms with Crippen molar-refractivity contribution in [2.24, 2.45) is 0 Å². The van der Waals surface area contributed by atoms with Crippen molar-refractivity contribution in [2.45, 2.75) is 69.3 Å². The van der Waals surface area contributed by atoms with Gasteiger partial charge in [-0.2, -0.15) is 18.4 Å². The fraction of sp³-hybridized carbons (Fsp3) is 0.524. The molecule has 1 fully saturated rings. The van der Waals surface area contributed by atoms with Crippen LogP contribution in [0.3, 0.4) is 0 Å². The fourth-order valence-electron chi connectivity index (χ4n) is 3.62. The fourth-order valence-corrected chi connectivity index (χ4v) is 4.64. The summed E-state index contributed by atoms with van der Waals surface area (Å²) in [7, 11) is -3.49. The zero-order valence-electron chi connectivity index (χ0n) is 17.5. The van der Waals surface area contributed by atoms with Gasteiger partial charge >= 0.3 is 6.18 Å². The summed E-state index contributed by atoms with van der Waals surface area (Å²) in [6, 6.07) is 7.60. The number of nitrogens with one attached hydrogen (secondary N) is 2. The zero-order valence-corrected chi connectivity index (χ0v) is 18.4. The van der Waals surface area contributed by atoms with Gasteiger partial charge in [0.2, 0.25) is 10.0 Å². The molecule has 1 aromatic carbocycles. The lowest BCUT2D eigenvalue weighted by atomic mass is 9.86. The minimum atomic E-state index is -4.62. The lowest BCUT2D eigenvalue weighted by Gasteiger charge is -2.30. The smallest absolute Gasteiger partial charge is 0.338 e. The number of rotatable bonds is 4. The quantitative estimate of drug-likeness (QED) is 0.699. The van der Waals surface area contributed by atoms with Gasteiger partial charge in [-0.3, -0.25) is 0 Å². The van der Waals surface area contributed by atoms with E-state index in [0.29, 0.717) is 25.7 Å². The van der Waals surface area contributed by atoms with Crippen molar-refractivity contribution in [1.82, 2.24) is 14.7 Å². The van der Waals surface area contributed by atoms with Gasteiger partial charge < -0.3 is 4.98 Å². The third kappa shape index (κ3) is 5.10. The Bertz CT molecular complexity index is 1090. The normalized spacial score (nSPS) is 20.4. The van der Waals surface area contributed by atoms with Crippen LogP contribution < -0.4 is 4.72 Å². The number of alkyl halides is 3. The SMILES string of the molecule is CC(C)(C)S(=O)(=O)NC1CCC(c2nc(-c3cccc(C#N)c3)c(C(F)(F)F)[nH]2)CC1. The Kier molecular flexibility index (Phi) is 6.22. The Balaban J connectivity index is 1.82. The van der Waals surface area contributed by atoms with E-state index in [1.165, 1.54) is 24.3 Å². The van der Waals surface area contributed by atoms with Crippen molar-refractivity contribution < 1.29 is 21.6 Å². The molecule has 1 saturated carbocycles. The summed E-state index contributed by atoms with van der Waals surface area (Å²) in [5.74, 6) is 0.00574. The van der Waals surface area contributed by atoms with Crippen molar-refractivity contribution >= 4 is 10.0 Å². The second-order valence-electron chi connectivity index (χ2n) is 8.82. The highest BCUT2D eigenvalue weighted by molar-refractivity contribution is 7.90. The molecular weight excluding hydrogens is 429 g/mol. The van der Waals surface area contributed by atoms with Crippen LogP contribution in [0.5, 0.6) is 0 Å². The van der Waals surface area contributed by atoms with Crippen LogP contribution in [0.1, 0.15) is 69.5 Å². The van der Waals surface area contributed by atoms with Gasteiger partial charge in [0.05, 0.1) is 16.4 Å². The molecule has 10 heteroatoms. The van der Waals surface area contributed by atoms with Gasteiger partial charge in [-0.25, -0.2) is 18.1 Å². The highest BCUT2D eigenvalue weighted by Gasteiger charge is 2.39. The Labute approximate surface area is 179 Å². The number of aromatic amines is 1. The van der Waals surface area contributed by atoms with Crippen molar-refractivity contribution in [3.05, 3.63) is 41.3 Å². The molecule has 1 aliphatic rings. The predicted octanol–water partition coefficient (Wildman–Crippen LogP) is 4.71. The van der Waals surface area contributed by atoms with Crippen LogP contribution in [-0.4, -0.2) is 29.2 Å². The first kappa shape index (κ1) is 23.3. The van der Waals surface area contributed by atoms with Crippen LogP contribution >= 0.6 is 0 Å². The topological polar surface area (TPSA) is 98.6 Å². The van der Waals surface area contributed by atoms with Crippen LogP contribution in [0.4, 0.5) is 13.2 Å². The molecule has 0 bridgehead atoms. The summed E-state index contributed by atoms with van der Waals surface area (Å²) in [5, 5.41) is 9.05. The van der Waals surface area contributed by atoms with Crippen LogP contribution in [0.15, 0.2) is 24.3 Å². The van der Waals surface area contributed by atoms with E-state index >= 15 is 0 Å². The first-order valence-corrected chi connectivity index (χ1v) is 11.5. The molecule has 0 aliphatic heterocycles. The zero-order chi connectivity index (χ0) is 23.0. The first-order chi connectivity index (χ1) is 14.3. The summed E-state index contributed by atoms with van der Waals surface area (Å²) in [6.07, 6.45) is -2.56. The molecule has 0 amide bonds. The van der Waals surface area contributed by atoms with Crippen molar-refractivity contribution in [3.8, 4) is 17.3 Å². The number of nitriles is 1. The number of benzene rings is 1. The molecule has 168 valence electrons. The number of sulfonamides is 1. The molecule has 0 radical (unpaired) electrons. The van der Waals surface area contributed by atoms with Gasteiger partial charge in [-0.1, -0.05) is 12.1 Å². The largest absolute Gasteiger partial charge is 0.433 e. The second kappa shape index (κ2) is 8.28. The summed E-state index contributed by atoms with van der Waals surface area (Å²) < 4.78 is 67.4. The van der Waals surface area contributed by atoms with E-state index in [1.54, 1.807) is 20.8 Å². The molecule has 31 heavy (non-hydrogen) atoms. The molecule has 1 aliphatic carbocycles. The summed E-state index contributed by atoms with van der Waals surface area (Å²) in [5.41, 5.74) is -0.689. The highest BCUT2D eigenvalue weighted by atomic mass is 32.2. The third-order valence-electron chi connectivity index (χ3n) is 5.51. The number of imidazole rings is 1. The summed E-state index contributed by atoms with van der Waals surface area (Å²) in [4.78, 5) is 6.72. The molecule has 1 aromatic heterocycles. The van der Waals surface area contributed by atoms with Crippen LogP contribution in [0, 0.1) is 11.3 Å². The van der Waals surface area contributed by atoms with Crippen molar-refractivity contribution in [1.29, 1.82) is 5.26 Å². The van der Waals surface area contributed by atoms with Crippen LogP contribution in [0.2, 0.25) is 0 Å². The molecule has 0 saturated heterocycles. The third-order valence-corrected chi connectivity index (χ3v) is 7.77. The Morgan fingerprint density at radius 3 is 2.35 bits per heavy atom. The van der Waals surface area contributed by atoms with E-state index in [1.807, 2.05) is 6.07 Å². The van der Waals surface area contributed by atoms with Gasteiger partial charge in [0, 0.05) is 17.5 Å². The number of nitrogens with zero attached hydrogens (tertiary/aromatic N) is 2. The molecular formula is C21H25F3N4O2S. The van der Waals surface area contributed by atoms with Crippen molar-refractivity contribution in [2.75, 3.05) is 0 Å². The van der Waals surface area contributed by atoms with E-state index in [9.17, 15) is 21.6 Å². The molecule has 2 N–H and O–H groups in total. The average molecular weight is 455 g/mol. The number of halogens is 3. The first-order valence-electron chi connectivity index (χ1n) is 10.0. The van der Waals surface area contributed by atoms with Crippen molar-refractivity contribution in [3.63, 3.8) is 0 Å². The van der Waals surface area contributed by atoms with Crippen LogP contribution in [-0.2, 0) is 16.2 Å². The maximum absolute atomic E-state index is 13.6. The lowest BCUT2D eigenvalue weighted by Crippen LogP contribution is -2.45. The number of hydrogen-bond acceptors (Lipinski definition) is 4. The van der Waals surface area contributed by atoms with E-state index in [2.05, 4.69) is 14.7 Å².